The third kappa shape index (κ3) is 3.67. The molecule has 2 fully saturated rings. The third-order valence-electron chi connectivity index (χ3n) is 6.67. The number of amides is 1. The van der Waals surface area contributed by atoms with Crippen LogP contribution in [0.2, 0.25) is 0 Å². The van der Waals surface area contributed by atoms with Crippen molar-refractivity contribution in [2.24, 2.45) is 5.73 Å². The van der Waals surface area contributed by atoms with Gasteiger partial charge < -0.3 is 21.2 Å². The highest BCUT2D eigenvalue weighted by atomic mass is 35.5. The van der Waals surface area contributed by atoms with Crippen LogP contribution >= 0.6 is 24.8 Å². The molecular weight excluding hydrogens is 435 g/mol. The van der Waals surface area contributed by atoms with Crippen molar-refractivity contribution in [1.29, 1.82) is 0 Å². The minimum absolute atomic E-state index is 0. The molecule has 0 atom stereocenters. The number of primary amides is 1. The molecule has 5 rings (SSSR count). The van der Waals surface area contributed by atoms with Gasteiger partial charge in [0.2, 0.25) is 5.89 Å². The lowest BCUT2D eigenvalue weighted by atomic mass is 9.70. The van der Waals surface area contributed by atoms with Gasteiger partial charge in [-0.05, 0) is 57.6 Å². The molecule has 0 spiro atoms. The fraction of sp³-hybridized carbons (Fsp3) is 0.391. The van der Waals surface area contributed by atoms with Crippen LogP contribution in [0.15, 0.2) is 34.7 Å². The van der Waals surface area contributed by atoms with Crippen molar-refractivity contribution >= 4 is 47.5 Å². The molecule has 6 nitrogen and oxygen atoms in total. The number of piperidine rings is 2. The average Bonchev–Trinajstić information content (AvgIpc) is 3.16. The van der Waals surface area contributed by atoms with Crippen molar-refractivity contribution in [1.82, 2.24) is 10.3 Å². The topological polar surface area (TPSA) is 107 Å². The van der Waals surface area contributed by atoms with E-state index >= 15 is 0 Å². The molecule has 3 aromatic rings. The van der Waals surface area contributed by atoms with Crippen molar-refractivity contribution in [2.75, 3.05) is 5.73 Å². The number of carbonyl (C=O) groups excluding carboxylic acids is 1. The van der Waals surface area contributed by atoms with Gasteiger partial charge in [0.25, 0.3) is 5.91 Å². The smallest absolute Gasteiger partial charge is 0.251 e. The number of fused-ring (bicyclic) bond motifs is 3. The Morgan fingerprint density at radius 2 is 1.81 bits per heavy atom. The molecule has 166 valence electrons. The van der Waals surface area contributed by atoms with Crippen molar-refractivity contribution in [3.05, 3.63) is 47.0 Å². The number of benzene rings is 2. The van der Waals surface area contributed by atoms with Crippen molar-refractivity contribution in [3.63, 3.8) is 0 Å². The Morgan fingerprint density at radius 1 is 1.16 bits per heavy atom. The molecule has 2 aromatic carbocycles. The summed E-state index contributed by atoms with van der Waals surface area (Å²) >= 11 is 0. The van der Waals surface area contributed by atoms with Gasteiger partial charge in [-0.1, -0.05) is 18.2 Å². The second-order valence-electron chi connectivity index (χ2n) is 8.42. The molecule has 8 heteroatoms. The predicted molar refractivity (Wildman–Crippen MR) is 128 cm³/mol. The molecule has 2 saturated heterocycles. The number of nitrogens with one attached hydrogen (secondary N) is 1. The van der Waals surface area contributed by atoms with Gasteiger partial charge in [-0.3, -0.25) is 4.79 Å². The van der Waals surface area contributed by atoms with Crippen LogP contribution in [0.5, 0.6) is 0 Å². The highest BCUT2D eigenvalue weighted by Crippen LogP contribution is 2.47. The summed E-state index contributed by atoms with van der Waals surface area (Å²) in [5.74, 6) is -0.0353. The molecule has 2 aliphatic heterocycles. The third-order valence-corrected chi connectivity index (χ3v) is 6.67. The summed E-state index contributed by atoms with van der Waals surface area (Å²) in [6.07, 6.45) is 6.44. The van der Waals surface area contributed by atoms with Gasteiger partial charge in [-0.25, -0.2) is 4.98 Å². The summed E-state index contributed by atoms with van der Waals surface area (Å²) in [5.41, 5.74) is 16.8. The highest BCUT2D eigenvalue weighted by Gasteiger charge is 2.44. The molecule has 2 aliphatic rings. The number of hydrogen-bond acceptors (Lipinski definition) is 5. The number of nitrogens with two attached hydrogens (primary N) is 2. The summed E-state index contributed by atoms with van der Waals surface area (Å²) in [4.78, 5) is 17.4. The summed E-state index contributed by atoms with van der Waals surface area (Å²) in [6.45, 7) is 1.94. The number of hydrogen-bond donors (Lipinski definition) is 3. The number of rotatable bonds is 3. The first-order valence-corrected chi connectivity index (χ1v) is 10.4. The minimum atomic E-state index is -0.506. The number of carbonyl (C=O) groups is 1. The molecule has 2 bridgehead atoms. The van der Waals surface area contributed by atoms with Gasteiger partial charge >= 0.3 is 0 Å². The molecule has 1 aromatic heterocycles. The monoisotopic (exact) mass is 462 g/mol. The van der Waals surface area contributed by atoms with Crippen LogP contribution in [-0.2, 0) is 5.54 Å². The van der Waals surface area contributed by atoms with Gasteiger partial charge in [-0.2, -0.15) is 0 Å². The van der Waals surface area contributed by atoms with Gasteiger partial charge in [0.15, 0.2) is 5.58 Å². The average molecular weight is 463 g/mol. The van der Waals surface area contributed by atoms with E-state index in [0.717, 1.165) is 55.2 Å². The number of halogens is 2. The van der Waals surface area contributed by atoms with Gasteiger partial charge in [0.1, 0.15) is 5.52 Å². The fourth-order valence-corrected chi connectivity index (χ4v) is 5.32. The quantitative estimate of drug-likeness (QED) is 0.482. The SMILES string of the molecule is Cc1c(N)c(C23CCCC(CCC2)N3)c(C(N)=O)c2nc(-c3ccccc3)oc12.Cl.Cl. The first-order chi connectivity index (χ1) is 14.0. The Morgan fingerprint density at radius 3 is 2.42 bits per heavy atom. The summed E-state index contributed by atoms with van der Waals surface area (Å²) < 4.78 is 6.08. The van der Waals surface area contributed by atoms with E-state index < -0.39 is 5.91 Å². The van der Waals surface area contributed by atoms with E-state index in [1.54, 1.807) is 0 Å². The molecule has 3 heterocycles. The minimum Gasteiger partial charge on any atom is -0.436 e. The number of nitrogens with zero attached hydrogens (tertiary/aromatic N) is 1. The second kappa shape index (κ2) is 8.69. The molecule has 5 N–H and O–H groups in total. The van der Waals surface area contributed by atoms with E-state index in [0.29, 0.717) is 34.3 Å². The van der Waals surface area contributed by atoms with E-state index in [1.165, 1.54) is 0 Å². The normalized spacial score (nSPS) is 22.4. The zero-order valence-corrected chi connectivity index (χ0v) is 19.1. The molecule has 0 saturated carbocycles. The maximum Gasteiger partial charge on any atom is 0.251 e. The lowest BCUT2D eigenvalue weighted by Gasteiger charge is -2.48. The van der Waals surface area contributed by atoms with Crippen LogP contribution in [0.3, 0.4) is 0 Å². The number of nitrogen functional groups attached to an aromatic ring is 1. The first-order valence-electron chi connectivity index (χ1n) is 10.4. The molecule has 31 heavy (non-hydrogen) atoms. The Bertz CT molecular complexity index is 1100. The Kier molecular flexibility index (Phi) is 6.56. The molecule has 1 amide bonds. The molecule has 0 radical (unpaired) electrons. The van der Waals surface area contributed by atoms with Crippen molar-refractivity contribution < 1.29 is 9.21 Å². The van der Waals surface area contributed by atoms with Crippen LogP contribution in [-0.4, -0.2) is 16.9 Å². The van der Waals surface area contributed by atoms with E-state index in [2.05, 4.69) is 5.32 Å². The van der Waals surface area contributed by atoms with Crippen LogP contribution in [0.25, 0.3) is 22.6 Å². The van der Waals surface area contributed by atoms with Gasteiger partial charge in [0, 0.05) is 34.0 Å². The first kappa shape index (κ1) is 23.4. The molecule has 0 unspecified atom stereocenters. The van der Waals surface area contributed by atoms with E-state index in [1.807, 2.05) is 37.3 Å². The number of aromatic nitrogens is 1. The van der Waals surface area contributed by atoms with Crippen molar-refractivity contribution in [2.45, 2.75) is 57.0 Å². The number of anilines is 1. The second-order valence-corrected chi connectivity index (χ2v) is 8.42. The zero-order chi connectivity index (χ0) is 20.2. The predicted octanol–water partition coefficient (Wildman–Crippen LogP) is 4.85. The number of oxazole rings is 1. The lowest BCUT2D eigenvalue weighted by molar-refractivity contribution is 0.0989. The maximum absolute atomic E-state index is 12.7. The van der Waals surface area contributed by atoms with Crippen LogP contribution in [0.1, 0.15) is 60.0 Å². The largest absolute Gasteiger partial charge is 0.436 e. The summed E-state index contributed by atoms with van der Waals surface area (Å²) in [7, 11) is 0. The summed E-state index contributed by atoms with van der Waals surface area (Å²) in [6, 6.07) is 10.1. The van der Waals surface area contributed by atoms with Crippen LogP contribution in [0.4, 0.5) is 5.69 Å². The Labute approximate surface area is 194 Å². The molecule has 0 aliphatic carbocycles. The summed E-state index contributed by atoms with van der Waals surface area (Å²) in [5, 5.41) is 3.80. The van der Waals surface area contributed by atoms with Crippen LogP contribution in [0, 0.1) is 6.92 Å². The van der Waals surface area contributed by atoms with Gasteiger partial charge in [-0.15, -0.1) is 24.8 Å². The van der Waals surface area contributed by atoms with E-state index in [9.17, 15) is 4.79 Å². The van der Waals surface area contributed by atoms with Crippen LogP contribution < -0.4 is 16.8 Å². The molecular formula is C23H28Cl2N4O2. The van der Waals surface area contributed by atoms with E-state index in [4.69, 9.17) is 20.9 Å². The maximum atomic E-state index is 12.7. The lowest BCUT2D eigenvalue weighted by Crippen LogP contribution is -2.55. The highest BCUT2D eigenvalue weighted by molar-refractivity contribution is 6.08. The Hall–Kier alpha value is -2.28. The van der Waals surface area contributed by atoms with Gasteiger partial charge in [0.05, 0.1) is 5.56 Å². The standard InChI is InChI=1S/C23H26N4O2.2ClH/c1-13-18(24)17(23-11-5-9-15(27-23)10-6-12-23)16(21(25)28)19-20(13)29-22(26-19)14-7-3-2-4-8-14;;/h2-4,7-8,15,27H,5-6,9-12,24H2,1H3,(H2,25,28);2*1H. The van der Waals surface area contributed by atoms with E-state index in [-0.39, 0.29) is 30.4 Å². The fourth-order valence-electron chi connectivity index (χ4n) is 5.32. The zero-order valence-electron chi connectivity index (χ0n) is 17.4. The number of aryl methyl sites for hydroxylation is 1. The van der Waals surface area contributed by atoms with Crippen molar-refractivity contribution in [3.8, 4) is 11.5 Å². The Balaban J connectivity index is 0.00000136.